The summed E-state index contributed by atoms with van der Waals surface area (Å²) in [7, 11) is 0. The molecule has 2 heterocycles. The van der Waals surface area contributed by atoms with Gasteiger partial charge in [-0.2, -0.15) is 5.10 Å². The monoisotopic (exact) mass is 247 g/mol. The largest absolute Gasteiger partial charge is 0.368 e. The molecule has 2 aromatic rings. The normalized spacial score (nSPS) is 10.3. The second-order valence-electron chi connectivity index (χ2n) is 3.75. The first-order valence-corrected chi connectivity index (χ1v) is 5.50. The van der Waals surface area contributed by atoms with Crippen LogP contribution in [0.15, 0.2) is 30.6 Å². The highest BCUT2D eigenvalue weighted by Gasteiger charge is 2.11. The average molecular weight is 247 g/mol. The molecule has 7 heteroatoms. The molecular weight excluding hydrogens is 234 g/mol. The van der Waals surface area contributed by atoms with Gasteiger partial charge in [-0.3, -0.25) is 14.8 Å². The standard InChI is InChI=1S/C11H13N5O2/c1-9-10(16(17)18)3-4-11(14-9)12-6-8-15-7-2-5-13-15/h2-5,7H,6,8H2,1H3,(H,12,14). The first-order valence-electron chi connectivity index (χ1n) is 5.50. The van der Waals surface area contributed by atoms with Gasteiger partial charge in [-0.1, -0.05) is 0 Å². The Morgan fingerprint density at radius 3 is 2.94 bits per heavy atom. The number of hydrogen-bond donors (Lipinski definition) is 1. The highest BCUT2D eigenvalue weighted by atomic mass is 16.6. The molecule has 0 aromatic carbocycles. The molecule has 0 bridgehead atoms. The van der Waals surface area contributed by atoms with Crippen molar-refractivity contribution in [2.75, 3.05) is 11.9 Å². The number of nitrogens with one attached hydrogen (secondary N) is 1. The number of nitro groups is 1. The second kappa shape index (κ2) is 5.26. The Kier molecular flexibility index (Phi) is 3.52. The van der Waals surface area contributed by atoms with E-state index in [4.69, 9.17) is 0 Å². The molecule has 0 spiro atoms. The molecule has 94 valence electrons. The number of aryl methyl sites for hydroxylation is 1. The van der Waals surface area contributed by atoms with Crippen molar-refractivity contribution < 1.29 is 4.92 Å². The van der Waals surface area contributed by atoms with E-state index in [0.717, 1.165) is 0 Å². The second-order valence-corrected chi connectivity index (χ2v) is 3.75. The van der Waals surface area contributed by atoms with Gasteiger partial charge in [0.2, 0.25) is 0 Å². The molecule has 0 radical (unpaired) electrons. The van der Waals surface area contributed by atoms with E-state index in [1.54, 1.807) is 23.9 Å². The molecule has 7 nitrogen and oxygen atoms in total. The van der Waals surface area contributed by atoms with E-state index in [2.05, 4.69) is 15.4 Å². The van der Waals surface area contributed by atoms with Crippen LogP contribution in [0.3, 0.4) is 0 Å². The van der Waals surface area contributed by atoms with E-state index >= 15 is 0 Å². The van der Waals surface area contributed by atoms with Gasteiger partial charge in [-0.05, 0) is 19.1 Å². The Morgan fingerprint density at radius 1 is 1.50 bits per heavy atom. The summed E-state index contributed by atoms with van der Waals surface area (Å²) < 4.78 is 1.80. The van der Waals surface area contributed by atoms with E-state index < -0.39 is 4.92 Å². The third-order valence-corrected chi connectivity index (χ3v) is 2.46. The van der Waals surface area contributed by atoms with Crippen LogP contribution < -0.4 is 5.32 Å². The smallest absolute Gasteiger partial charge is 0.290 e. The SMILES string of the molecule is Cc1nc(NCCn2cccn2)ccc1[N+](=O)[O-]. The van der Waals surface area contributed by atoms with Crippen LogP contribution in [0.5, 0.6) is 0 Å². The quantitative estimate of drug-likeness (QED) is 0.640. The third-order valence-electron chi connectivity index (χ3n) is 2.46. The molecule has 0 atom stereocenters. The number of anilines is 1. The van der Waals surface area contributed by atoms with Crippen molar-refractivity contribution in [3.63, 3.8) is 0 Å². The fourth-order valence-corrected chi connectivity index (χ4v) is 1.58. The highest BCUT2D eigenvalue weighted by molar-refractivity contribution is 5.44. The minimum atomic E-state index is -0.435. The number of nitrogens with zero attached hydrogens (tertiary/aromatic N) is 4. The number of aromatic nitrogens is 3. The van der Waals surface area contributed by atoms with Gasteiger partial charge in [0.1, 0.15) is 11.5 Å². The summed E-state index contributed by atoms with van der Waals surface area (Å²) in [6.07, 6.45) is 3.59. The number of rotatable bonds is 5. The van der Waals surface area contributed by atoms with Crippen molar-refractivity contribution in [1.29, 1.82) is 0 Å². The summed E-state index contributed by atoms with van der Waals surface area (Å²) in [5.41, 5.74) is 0.441. The van der Waals surface area contributed by atoms with Gasteiger partial charge < -0.3 is 5.32 Å². The summed E-state index contributed by atoms with van der Waals surface area (Å²) in [4.78, 5) is 14.3. The third kappa shape index (κ3) is 2.82. The van der Waals surface area contributed by atoms with Crippen molar-refractivity contribution in [3.05, 3.63) is 46.4 Å². The Labute approximate surface area is 104 Å². The predicted molar refractivity (Wildman–Crippen MR) is 66.3 cm³/mol. The first-order chi connectivity index (χ1) is 8.66. The van der Waals surface area contributed by atoms with Crippen LogP contribution in [0.4, 0.5) is 11.5 Å². The summed E-state index contributed by atoms with van der Waals surface area (Å²) in [6.45, 7) is 2.99. The maximum atomic E-state index is 10.6. The molecule has 2 aromatic heterocycles. The van der Waals surface area contributed by atoms with Gasteiger partial charge in [-0.15, -0.1) is 0 Å². The van der Waals surface area contributed by atoms with Gasteiger partial charge in [0.25, 0.3) is 5.69 Å². The zero-order chi connectivity index (χ0) is 13.0. The van der Waals surface area contributed by atoms with E-state index in [0.29, 0.717) is 24.6 Å². The van der Waals surface area contributed by atoms with E-state index in [9.17, 15) is 10.1 Å². The number of pyridine rings is 1. The molecule has 0 aliphatic carbocycles. The Balaban J connectivity index is 1.94. The van der Waals surface area contributed by atoms with Crippen LogP contribution in [0.2, 0.25) is 0 Å². The van der Waals surface area contributed by atoms with Gasteiger partial charge in [0, 0.05) is 25.0 Å². The molecular formula is C11H13N5O2. The lowest BCUT2D eigenvalue weighted by molar-refractivity contribution is -0.385. The van der Waals surface area contributed by atoms with E-state index in [1.165, 1.54) is 6.07 Å². The molecule has 0 fully saturated rings. The lowest BCUT2D eigenvalue weighted by Crippen LogP contribution is -2.12. The molecule has 0 aliphatic heterocycles. The van der Waals surface area contributed by atoms with Crippen molar-refractivity contribution in [1.82, 2.24) is 14.8 Å². The molecule has 0 saturated carbocycles. The van der Waals surface area contributed by atoms with Gasteiger partial charge >= 0.3 is 0 Å². The lowest BCUT2D eigenvalue weighted by Gasteiger charge is -2.06. The maximum absolute atomic E-state index is 10.6. The first kappa shape index (κ1) is 12.0. The maximum Gasteiger partial charge on any atom is 0.290 e. The summed E-state index contributed by atoms with van der Waals surface area (Å²) in [6, 6.07) is 4.92. The molecule has 1 N–H and O–H groups in total. The van der Waals surface area contributed by atoms with Crippen molar-refractivity contribution in [3.8, 4) is 0 Å². The summed E-state index contributed by atoms with van der Waals surface area (Å²) in [5, 5.41) is 17.8. The highest BCUT2D eigenvalue weighted by Crippen LogP contribution is 2.17. The lowest BCUT2D eigenvalue weighted by atomic mass is 10.3. The van der Waals surface area contributed by atoms with Crippen LogP contribution in [0, 0.1) is 17.0 Å². The predicted octanol–water partition coefficient (Wildman–Crippen LogP) is 1.61. The molecule has 0 unspecified atom stereocenters. The van der Waals surface area contributed by atoms with Gasteiger partial charge in [0.05, 0.1) is 11.5 Å². The fourth-order valence-electron chi connectivity index (χ4n) is 1.58. The Hall–Kier alpha value is -2.44. The summed E-state index contributed by atoms with van der Waals surface area (Å²) >= 11 is 0. The van der Waals surface area contributed by atoms with Crippen LogP contribution in [-0.4, -0.2) is 26.2 Å². The zero-order valence-corrected chi connectivity index (χ0v) is 9.91. The van der Waals surface area contributed by atoms with Gasteiger partial charge in [-0.25, -0.2) is 4.98 Å². The van der Waals surface area contributed by atoms with Crippen LogP contribution in [-0.2, 0) is 6.54 Å². The Bertz CT molecular complexity index is 538. The van der Waals surface area contributed by atoms with Crippen LogP contribution in [0.25, 0.3) is 0 Å². The summed E-state index contributed by atoms with van der Waals surface area (Å²) in [5.74, 6) is 0.630. The van der Waals surface area contributed by atoms with Crippen LogP contribution >= 0.6 is 0 Å². The molecule has 2 rings (SSSR count). The fraction of sp³-hybridized carbons (Fsp3) is 0.273. The number of hydrogen-bond acceptors (Lipinski definition) is 5. The average Bonchev–Trinajstić information content (AvgIpc) is 2.81. The zero-order valence-electron chi connectivity index (χ0n) is 9.91. The van der Waals surface area contributed by atoms with Crippen LogP contribution in [0.1, 0.15) is 5.69 Å². The van der Waals surface area contributed by atoms with Crippen molar-refractivity contribution in [2.24, 2.45) is 0 Å². The molecule has 18 heavy (non-hydrogen) atoms. The minimum Gasteiger partial charge on any atom is -0.368 e. The van der Waals surface area contributed by atoms with E-state index in [-0.39, 0.29) is 5.69 Å². The van der Waals surface area contributed by atoms with Crippen molar-refractivity contribution in [2.45, 2.75) is 13.5 Å². The van der Waals surface area contributed by atoms with E-state index in [1.807, 2.05) is 12.3 Å². The van der Waals surface area contributed by atoms with Crippen molar-refractivity contribution >= 4 is 11.5 Å². The van der Waals surface area contributed by atoms with Gasteiger partial charge in [0.15, 0.2) is 0 Å². The minimum absolute atomic E-state index is 0.0348. The topological polar surface area (TPSA) is 85.9 Å². The molecule has 0 amide bonds. The molecule has 0 saturated heterocycles. The molecule has 0 aliphatic rings. The Morgan fingerprint density at radius 2 is 2.33 bits per heavy atom.